The topological polar surface area (TPSA) is 42.0 Å². The molecule has 1 heterocycles. The van der Waals surface area contributed by atoms with Crippen molar-refractivity contribution in [3.05, 3.63) is 41.2 Å². The van der Waals surface area contributed by atoms with E-state index in [9.17, 15) is 4.79 Å². The van der Waals surface area contributed by atoms with Gasteiger partial charge in [0.05, 0.1) is 5.56 Å². The fourth-order valence-corrected chi connectivity index (χ4v) is 1.09. The van der Waals surface area contributed by atoms with Crippen molar-refractivity contribution in [2.75, 3.05) is 6.54 Å². The Morgan fingerprint density at radius 1 is 1.71 bits per heavy atom. The predicted octanol–water partition coefficient (Wildman–Crippen LogP) is 2.04. The number of aromatic nitrogens is 1. The second kappa shape index (κ2) is 4.77. The van der Waals surface area contributed by atoms with E-state index in [0.29, 0.717) is 12.1 Å². The van der Waals surface area contributed by atoms with E-state index in [-0.39, 0.29) is 11.1 Å². The third kappa shape index (κ3) is 2.85. The van der Waals surface area contributed by atoms with Crippen LogP contribution >= 0.6 is 11.6 Å². The van der Waals surface area contributed by atoms with Crippen LogP contribution in [0.4, 0.5) is 0 Å². The van der Waals surface area contributed by atoms with Crippen molar-refractivity contribution in [3.8, 4) is 0 Å². The second-order valence-electron chi connectivity index (χ2n) is 2.98. The monoisotopic (exact) mass is 210 g/mol. The van der Waals surface area contributed by atoms with Crippen molar-refractivity contribution in [3.63, 3.8) is 0 Å². The molecule has 0 saturated heterocycles. The van der Waals surface area contributed by atoms with Crippen LogP contribution in [0.1, 0.15) is 17.3 Å². The first kappa shape index (κ1) is 10.7. The molecule has 1 N–H and O–H groups in total. The summed E-state index contributed by atoms with van der Waals surface area (Å²) in [6, 6.07) is 3.30. The van der Waals surface area contributed by atoms with Gasteiger partial charge in [-0.05, 0) is 19.1 Å². The lowest BCUT2D eigenvalue weighted by Gasteiger charge is -2.04. The van der Waals surface area contributed by atoms with E-state index in [1.165, 1.54) is 6.20 Å². The second-order valence-corrected chi connectivity index (χ2v) is 3.34. The maximum atomic E-state index is 11.5. The average molecular weight is 211 g/mol. The van der Waals surface area contributed by atoms with Crippen molar-refractivity contribution in [1.29, 1.82) is 0 Å². The van der Waals surface area contributed by atoms with E-state index >= 15 is 0 Å². The maximum Gasteiger partial charge on any atom is 0.254 e. The van der Waals surface area contributed by atoms with E-state index < -0.39 is 0 Å². The Kier molecular flexibility index (Phi) is 3.65. The lowest BCUT2D eigenvalue weighted by Crippen LogP contribution is -2.25. The summed E-state index contributed by atoms with van der Waals surface area (Å²) in [5, 5.41) is 2.89. The number of carbonyl (C=O) groups is 1. The quantitative estimate of drug-likeness (QED) is 0.613. The first-order chi connectivity index (χ1) is 6.61. The fourth-order valence-electron chi connectivity index (χ4n) is 0.882. The van der Waals surface area contributed by atoms with E-state index in [0.717, 1.165) is 5.57 Å². The van der Waals surface area contributed by atoms with Gasteiger partial charge in [0.1, 0.15) is 5.15 Å². The Morgan fingerprint density at radius 3 is 3.00 bits per heavy atom. The molecule has 1 aromatic rings. The summed E-state index contributed by atoms with van der Waals surface area (Å²) in [5.41, 5.74) is 1.27. The van der Waals surface area contributed by atoms with Crippen molar-refractivity contribution in [2.45, 2.75) is 6.92 Å². The molecule has 0 aliphatic heterocycles. The zero-order valence-electron chi connectivity index (χ0n) is 7.88. The van der Waals surface area contributed by atoms with Gasteiger partial charge in [0, 0.05) is 12.7 Å². The SMILES string of the molecule is C=C(C)CNC(=O)c1cccnc1Cl. The van der Waals surface area contributed by atoms with Gasteiger partial charge in [-0.25, -0.2) is 4.98 Å². The molecule has 1 amide bonds. The Hall–Kier alpha value is -1.35. The molecule has 1 aromatic heterocycles. The maximum absolute atomic E-state index is 11.5. The average Bonchev–Trinajstić information content (AvgIpc) is 2.15. The molecule has 4 heteroatoms. The Labute approximate surface area is 87.8 Å². The van der Waals surface area contributed by atoms with E-state index in [4.69, 9.17) is 11.6 Å². The molecule has 0 saturated carbocycles. The van der Waals surface area contributed by atoms with Gasteiger partial charge < -0.3 is 5.32 Å². The number of hydrogen-bond donors (Lipinski definition) is 1. The molecular weight excluding hydrogens is 200 g/mol. The molecule has 0 aliphatic rings. The normalized spacial score (nSPS) is 9.57. The minimum Gasteiger partial charge on any atom is -0.348 e. The summed E-state index contributed by atoms with van der Waals surface area (Å²) < 4.78 is 0. The first-order valence-corrected chi connectivity index (χ1v) is 4.52. The van der Waals surface area contributed by atoms with E-state index in [2.05, 4.69) is 16.9 Å². The third-order valence-electron chi connectivity index (χ3n) is 1.55. The van der Waals surface area contributed by atoms with Gasteiger partial charge in [-0.15, -0.1) is 0 Å². The van der Waals surface area contributed by atoms with Gasteiger partial charge in [-0.3, -0.25) is 4.79 Å². The van der Waals surface area contributed by atoms with E-state index in [1.807, 2.05) is 6.92 Å². The summed E-state index contributed by atoms with van der Waals surface area (Å²) in [6.45, 7) is 5.97. The number of amides is 1. The Bertz CT molecular complexity index is 363. The van der Waals surface area contributed by atoms with Crippen molar-refractivity contribution >= 4 is 17.5 Å². The van der Waals surface area contributed by atoms with Crippen LogP contribution in [0.15, 0.2) is 30.5 Å². The van der Waals surface area contributed by atoms with Crippen LogP contribution < -0.4 is 5.32 Å². The van der Waals surface area contributed by atoms with Crippen LogP contribution in [0.25, 0.3) is 0 Å². The van der Waals surface area contributed by atoms with E-state index in [1.54, 1.807) is 12.1 Å². The van der Waals surface area contributed by atoms with Crippen LogP contribution in [0, 0.1) is 0 Å². The molecule has 0 unspecified atom stereocenters. The van der Waals surface area contributed by atoms with Gasteiger partial charge in [0.25, 0.3) is 5.91 Å². The standard InChI is InChI=1S/C10H11ClN2O/c1-7(2)6-13-10(14)8-4-3-5-12-9(8)11/h3-5H,1,6H2,2H3,(H,13,14). The number of pyridine rings is 1. The molecule has 0 radical (unpaired) electrons. The molecule has 0 bridgehead atoms. The zero-order chi connectivity index (χ0) is 10.6. The lowest BCUT2D eigenvalue weighted by molar-refractivity contribution is 0.0957. The molecule has 0 spiro atoms. The molecule has 0 fully saturated rings. The number of nitrogens with zero attached hydrogens (tertiary/aromatic N) is 1. The summed E-state index contributed by atoms with van der Waals surface area (Å²) in [7, 11) is 0. The van der Waals surface area contributed by atoms with Gasteiger partial charge in [0.15, 0.2) is 0 Å². The summed E-state index contributed by atoms with van der Waals surface area (Å²) in [5.74, 6) is -0.230. The Morgan fingerprint density at radius 2 is 2.43 bits per heavy atom. The van der Waals surface area contributed by atoms with Gasteiger partial charge in [-0.2, -0.15) is 0 Å². The largest absolute Gasteiger partial charge is 0.348 e. The van der Waals surface area contributed by atoms with Gasteiger partial charge >= 0.3 is 0 Å². The molecular formula is C10H11ClN2O. The first-order valence-electron chi connectivity index (χ1n) is 4.14. The number of carbonyl (C=O) groups excluding carboxylic acids is 1. The summed E-state index contributed by atoms with van der Waals surface area (Å²) in [6.07, 6.45) is 1.54. The number of halogens is 1. The highest BCUT2D eigenvalue weighted by molar-refractivity contribution is 6.32. The summed E-state index contributed by atoms with van der Waals surface area (Å²) >= 11 is 5.74. The fraction of sp³-hybridized carbons (Fsp3) is 0.200. The van der Waals surface area contributed by atoms with Crippen LogP contribution in [0.2, 0.25) is 5.15 Å². The van der Waals surface area contributed by atoms with Crippen molar-refractivity contribution in [1.82, 2.24) is 10.3 Å². The van der Waals surface area contributed by atoms with Crippen molar-refractivity contribution in [2.24, 2.45) is 0 Å². The number of hydrogen-bond acceptors (Lipinski definition) is 2. The predicted molar refractivity (Wildman–Crippen MR) is 56.4 cm³/mol. The molecule has 14 heavy (non-hydrogen) atoms. The van der Waals surface area contributed by atoms with Crippen LogP contribution in [0.5, 0.6) is 0 Å². The number of rotatable bonds is 3. The molecule has 74 valence electrons. The van der Waals surface area contributed by atoms with Crippen LogP contribution in [-0.4, -0.2) is 17.4 Å². The third-order valence-corrected chi connectivity index (χ3v) is 1.86. The minimum atomic E-state index is -0.230. The van der Waals surface area contributed by atoms with Gasteiger partial charge in [0.2, 0.25) is 0 Å². The molecule has 3 nitrogen and oxygen atoms in total. The molecule has 0 atom stereocenters. The summed E-state index contributed by atoms with van der Waals surface area (Å²) in [4.78, 5) is 15.3. The molecule has 1 rings (SSSR count). The van der Waals surface area contributed by atoms with Crippen molar-refractivity contribution < 1.29 is 4.79 Å². The lowest BCUT2D eigenvalue weighted by atomic mass is 10.2. The number of nitrogens with one attached hydrogen (secondary N) is 1. The molecule has 0 aromatic carbocycles. The highest BCUT2D eigenvalue weighted by atomic mass is 35.5. The Balaban J connectivity index is 2.70. The van der Waals surface area contributed by atoms with Crippen LogP contribution in [0.3, 0.4) is 0 Å². The molecule has 0 aliphatic carbocycles. The zero-order valence-corrected chi connectivity index (χ0v) is 8.64. The van der Waals surface area contributed by atoms with Crippen LogP contribution in [-0.2, 0) is 0 Å². The highest BCUT2D eigenvalue weighted by Crippen LogP contribution is 2.10. The van der Waals surface area contributed by atoms with Gasteiger partial charge in [-0.1, -0.05) is 23.8 Å². The smallest absolute Gasteiger partial charge is 0.254 e. The highest BCUT2D eigenvalue weighted by Gasteiger charge is 2.09. The minimum absolute atomic E-state index is 0.215.